The van der Waals surface area contributed by atoms with Gasteiger partial charge in [-0.2, -0.15) is 0 Å². The van der Waals surface area contributed by atoms with Crippen LogP contribution in [0.1, 0.15) is 101 Å². The monoisotopic (exact) mass is 661 g/mol. The fraction of sp³-hybridized carbons (Fsp3) is 0.478. The molecule has 0 aliphatic heterocycles. The first-order chi connectivity index (χ1) is 22.9. The van der Waals surface area contributed by atoms with Gasteiger partial charge >= 0.3 is 0 Å². The van der Waals surface area contributed by atoms with Crippen LogP contribution in [0.15, 0.2) is 97.2 Å². The zero-order valence-electron chi connectivity index (χ0n) is 31.7. The van der Waals surface area contributed by atoms with Crippen LogP contribution in [0.5, 0.6) is 0 Å². The Kier molecular flexibility index (Phi) is 11.2. The van der Waals surface area contributed by atoms with Gasteiger partial charge in [0.25, 0.3) is 0 Å². The molecule has 0 aromatic heterocycles. The summed E-state index contributed by atoms with van der Waals surface area (Å²) in [5, 5.41) is 0. The molecule has 2 N–H and O–H groups in total. The second kappa shape index (κ2) is 14.4. The summed E-state index contributed by atoms with van der Waals surface area (Å²) in [6, 6.07) is 12.3. The Bertz CT molecular complexity index is 1740. The Morgan fingerprint density at radius 2 is 1.73 bits per heavy atom. The minimum Gasteiger partial charge on any atom is -0.325 e. The number of rotatable bonds is 4. The standard InChI is InChI=1S/C26H35NO.C11H13F.C9H12/c1-7-17(2)25(6)18(3)14-22-24(25,5)12-10-21-23(4)11-8-19(16-28)15-20(23)9-13-26(21,22)27;1-7(2)10-8(3)5-6-9(4)11(10)12;1-3-9-6-4-5-8(2)7-9/h7-8,11,15,18,21-22H,1-2,9-10,12-14,27H2,3-6H3;5-6H,1H2,2-4H3;4-7H,3H2,1-2H3/t18?,21?,22-,23?,24?,25+,26?;;/m1../s1. The highest BCUT2D eigenvalue weighted by Crippen LogP contribution is 2.73. The molecule has 6 rings (SSSR count). The maximum absolute atomic E-state index is 13.5. The van der Waals surface area contributed by atoms with Crippen LogP contribution < -0.4 is 5.73 Å². The van der Waals surface area contributed by atoms with E-state index in [0.717, 1.165) is 43.2 Å². The van der Waals surface area contributed by atoms with Crippen molar-refractivity contribution in [3.05, 3.63) is 131 Å². The topological polar surface area (TPSA) is 43.1 Å². The summed E-state index contributed by atoms with van der Waals surface area (Å²) in [5.41, 5.74) is 16.4. The molecule has 3 heteroatoms. The quantitative estimate of drug-likeness (QED) is 0.262. The van der Waals surface area contributed by atoms with E-state index in [1.54, 1.807) is 13.0 Å². The molecular formula is C46H60FNO. The number of allylic oxidation sites excluding steroid dienone is 8. The van der Waals surface area contributed by atoms with Gasteiger partial charge in [0.2, 0.25) is 0 Å². The number of hydrogen-bond acceptors (Lipinski definition) is 2. The van der Waals surface area contributed by atoms with Crippen LogP contribution >= 0.6 is 0 Å². The molecule has 5 unspecified atom stereocenters. The van der Waals surface area contributed by atoms with E-state index in [0.29, 0.717) is 34.5 Å². The van der Waals surface area contributed by atoms with Crippen LogP contribution in [0.2, 0.25) is 0 Å². The van der Waals surface area contributed by atoms with Crippen LogP contribution in [0, 0.1) is 60.6 Å². The molecule has 0 amide bonds. The van der Waals surface area contributed by atoms with Crippen molar-refractivity contribution in [1.29, 1.82) is 0 Å². The predicted molar refractivity (Wildman–Crippen MR) is 207 cm³/mol. The maximum atomic E-state index is 13.5. The van der Waals surface area contributed by atoms with Gasteiger partial charge in [0.05, 0.1) is 5.57 Å². The van der Waals surface area contributed by atoms with E-state index >= 15 is 0 Å². The largest absolute Gasteiger partial charge is 0.325 e. The van der Waals surface area contributed by atoms with Crippen molar-refractivity contribution in [3.8, 4) is 0 Å². The van der Waals surface area contributed by atoms with Gasteiger partial charge in [-0.3, -0.25) is 0 Å². The molecule has 3 fully saturated rings. The molecule has 7 atom stereocenters. The molecule has 0 heterocycles. The van der Waals surface area contributed by atoms with Crippen LogP contribution in [0.4, 0.5) is 4.39 Å². The average molecular weight is 662 g/mol. The van der Waals surface area contributed by atoms with E-state index in [2.05, 4.69) is 104 Å². The smallest absolute Gasteiger partial charge is 0.133 e. The summed E-state index contributed by atoms with van der Waals surface area (Å²) < 4.78 is 13.5. The first-order valence-corrected chi connectivity index (χ1v) is 18.2. The highest BCUT2D eigenvalue weighted by Gasteiger charge is 2.69. The molecule has 2 aromatic carbocycles. The first-order valence-electron chi connectivity index (χ1n) is 18.2. The highest BCUT2D eigenvalue weighted by atomic mass is 19.1. The molecular weight excluding hydrogens is 602 g/mol. The van der Waals surface area contributed by atoms with Gasteiger partial charge in [0.15, 0.2) is 0 Å². The second-order valence-corrected chi connectivity index (χ2v) is 16.1. The van der Waals surface area contributed by atoms with Gasteiger partial charge in [-0.05, 0) is 129 Å². The number of carbonyl (C=O) groups excluding carboxylic acids is 1. The number of benzene rings is 2. The molecule has 262 valence electrons. The lowest BCUT2D eigenvalue weighted by atomic mass is 9.42. The van der Waals surface area contributed by atoms with Gasteiger partial charge < -0.3 is 5.73 Å². The normalized spacial score (nSPS) is 32.4. The van der Waals surface area contributed by atoms with Crippen molar-refractivity contribution in [3.63, 3.8) is 0 Å². The first kappa shape index (κ1) is 38.3. The average Bonchev–Trinajstić information content (AvgIpc) is 3.28. The van der Waals surface area contributed by atoms with Crippen LogP contribution in [0.3, 0.4) is 0 Å². The predicted octanol–water partition coefficient (Wildman–Crippen LogP) is 11.6. The van der Waals surface area contributed by atoms with Crippen molar-refractivity contribution in [1.82, 2.24) is 0 Å². The van der Waals surface area contributed by atoms with Crippen molar-refractivity contribution in [2.24, 2.45) is 39.7 Å². The lowest BCUT2D eigenvalue weighted by Crippen LogP contribution is -2.66. The van der Waals surface area contributed by atoms with Gasteiger partial charge in [-0.25, -0.2) is 9.18 Å². The Hall–Kier alpha value is -3.52. The van der Waals surface area contributed by atoms with Gasteiger partial charge in [0, 0.05) is 21.9 Å². The summed E-state index contributed by atoms with van der Waals surface area (Å²) >= 11 is 0. The number of nitrogens with two attached hydrogens (primary N) is 1. The van der Waals surface area contributed by atoms with Crippen molar-refractivity contribution in [2.75, 3.05) is 0 Å². The van der Waals surface area contributed by atoms with E-state index in [4.69, 9.17) is 5.73 Å². The number of halogens is 1. The Balaban J connectivity index is 0.000000211. The van der Waals surface area contributed by atoms with Crippen LogP contribution in [0.25, 0.3) is 5.57 Å². The Morgan fingerprint density at radius 1 is 1.06 bits per heavy atom. The van der Waals surface area contributed by atoms with E-state index in [1.165, 1.54) is 28.7 Å². The Labute approximate surface area is 296 Å². The van der Waals surface area contributed by atoms with E-state index in [9.17, 15) is 9.18 Å². The molecule has 0 bridgehead atoms. The summed E-state index contributed by atoms with van der Waals surface area (Å²) in [6.07, 6.45) is 14.8. The number of hydrogen-bond donors (Lipinski definition) is 1. The van der Waals surface area contributed by atoms with Gasteiger partial charge in [-0.15, -0.1) is 0 Å². The fourth-order valence-corrected chi connectivity index (χ4v) is 10.2. The lowest BCUT2D eigenvalue weighted by molar-refractivity contribution is -0.0705. The lowest BCUT2D eigenvalue weighted by Gasteiger charge is -2.64. The summed E-state index contributed by atoms with van der Waals surface area (Å²) in [7, 11) is 0. The second-order valence-electron chi connectivity index (χ2n) is 16.1. The molecule has 0 spiro atoms. The van der Waals surface area contributed by atoms with Crippen LogP contribution in [-0.4, -0.2) is 11.5 Å². The SMILES string of the molecule is C=C(C)c1c(C)ccc(C)c1F.C=CC(=C)[C@@]1(C)C(C)C[C@H]2C3(N)CCC4=CC(=C=O)C=CC4(C)C3CCC21C.CCc1cccc(C)c1. The third-order valence-corrected chi connectivity index (χ3v) is 13.5. The molecule has 3 saturated carbocycles. The Morgan fingerprint density at radius 3 is 2.29 bits per heavy atom. The molecule has 2 nitrogen and oxygen atoms in total. The molecule has 49 heavy (non-hydrogen) atoms. The van der Waals surface area contributed by atoms with Crippen molar-refractivity contribution >= 4 is 11.5 Å². The fourth-order valence-electron chi connectivity index (χ4n) is 10.2. The van der Waals surface area contributed by atoms with E-state index in [1.807, 2.05) is 32.1 Å². The third-order valence-electron chi connectivity index (χ3n) is 13.5. The summed E-state index contributed by atoms with van der Waals surface area (Å²) in [4.78, 5) is 11.2. The van der Waals surface area contributed by atoms with E-state index in [-0.39, 0.29) is 27.6 Å². The van der Waals surface area contributed by atoms with Gasteiger partial charge in [-0.1, -0.05) is 114 Å². The highest BCUT2D eigenvalue weighted by molar-refractivity contribution is 5.66. The number of fused-ring (bicyclic) bond motifs is 5. The summed E-state index contributed by atoms with van der Waals surface area (Å²) in [6.45, 7) is 31.6. The molecule has 2 aromatic rings. The third kappa shape index (κ3) is 6.58. The zero-order chi connectivity index (χ0) is 36.5. The van der Waals surface area contributed by atoms with Crippen LogP contribution in [-0.2, 0) is 11.2 Å². The number of aryl methyl sites for hydroxylation is 4. The van der Waals surface area contributed by atoms with Gasteiger partial charge in [0.1, 0.15) is 11.8 Å². The van der Waals surface area contributed by atoms with E-state index < -0.39 is 0 Å². The van der Waals surface area contributed by atoms with Crippen molar-refractivity contribution < 1.29 is 9.18 Å². The minimum atomic E-state index is -0.181. The minimum absolute atomic E-state index is 0.0452. The molecule has 4 aliphatic rings. The molecule has 0 saturated heterocycles. The maximum Gasteiger partial charge on any atom is 0.133 e. The molecule has 0 radical (unpaired) electrons. The van der Waals surface area contributed by atoms with Crippen molar-refractivity contribution in [2.45, 2.75) is 106 Å². The summed E-state index contributed by atoms with van der Waals surface area (Å²) in [5.74, 6) is 3.36. The zero-order valence-corrected chi connectivity index (χ0v) is 31.7. The molecule has 4 aliphatic carbocycles.